The highest BCUT2D eigenvalue weighted by atomic mass is 16.4. The molecule has 0 spiro atoms. The summed E-state index contributed by atoms with van der Waals surface area (Å²) in [6.45, 7) is 3.22. The molecule has 124 valence electrons. The fourth-order valence-electron chi connectivity index (χ4n) is 3.14. The predicted molar refractivity (Wildman–Crippen MR) is 90.3 cm³/mol. The van der Waals surface area contributed by atoms with E-state index in [2.05, 4.69) is 4.98 Å². The Hall–Kier alpha value is -2.69. The fourth-order valence-corrected chi connectivity index (χ4v) is 3.14. The van der Waals surface area contributed by atoms with Crippen molar-refractivity contribution in [2.75, 3.05) is 13.1 Å². The van der Waals surface area contributed by atoms with Gasteiger partial charge in [0.25, 0.3) is 5.91 Å². The molecule has 5 heteroatoms. The van der Waals surface area contributed by atoms with Crippen LogP contribution in [0.3, 0.4) is 0 Å². The van der Waals surface area contributed by atoms with Crippen LogP contribution in [-0.4, -0.2) is 40.0 Å². The number of aryl methyl sites for hydroxylation is 1. The Balaban J connectivity index is 1.76. The van der Waals surface area contributed by atoms with Gasteiger partial charge >= 0.3 is 5.97 Å². The second kappa shape index (κ2) is 6.83. The molecule has 1 aromatic heterocycles. The summed E-state index contributed by atoms with van der Waals surface area (Å²) in [7, 11) is 0. The van der Waals surface area contributed by atoms with E-state index in [4.69, 9.17) is 5.11 Å². The van der Waals surface area contributed by atoms with E-state index in [0.29, 0.717) is 17.7 Å². The molecule has 2 aromatic rings. The number of rotatable bonds is 3. The van der Waals surface area contributed by atoms with Crippen LogP contribution in [0, 0.1) is 6.92 Å². The zero-order valence-corrected chi connectivity index (χ0v) is 13.6. The van der Waals surface area contributed by atoms with Crippen molar-refractivity contribution in [3.05, 3.63) is 65.0 Å². The Morgan fingerprint density at radius 2 is 2.04 bits per heavy atom. The van der Waals surface area contributed by atoms with Crippen LogP contribution in [0.15, 0.2) is 42.6 Å². The van der Waals surface area contributed by atoms with E-state index in [1.165, 1.54) is 0 Å². The third-order valence-electron chi connectivity index (χ3n) is 4.47. The molecule has 1 aliphatic heterocycles. The van der Waals surface area contributed by atoms with Gasteiger partial charge in [0.05, 0.1) is 11.1 Å². The summed E-state index contributed by atoms with van der Waals surface area (Å²) < 4.78 is 0. The van der Waals surface area contributed by atoms with Gasteiger partial charge in [-0.15, -0.1) is 0 Å². The molecule has 2 heterocycles. The van der Waals surface area contributed by atoms with Gasteiger partial charge in [0.2, 0.25) is 0 Å². The number of carbonyl (C=O) groups is 2. The summed E-state index contributed by atoms with van der Waals surface area (Å²) in [4.78, 5) is 29.8. The summed E-state index contributed by atoms with van der Waals surface area (Å²) in [5.41, 5.74) is 2.75. The average Bonchev–Trinajstić information content (AvgIpc) is 2.62. The maximum Gasteiger partial charge on any atom is 0.335 e. The number of likely N-dealkylation sites (tertiary alicyclic amines) is 1. The molecular weight excluding hydrogens is 304 g/mol. The van der Waals surface area contributed by atoms with Crippen molar-refractivity contribution in [1.82, 2.24) is 9.88 Å². The van der Waals surface area contributed by atoms with Crippen molar-refractivity contribution >= 4 is 11.9 Å². The molecule has 0 aliphatic carbocycles. The topological polar surface area (TPSA) is 70.5 Å². The highest BCUT2D eigenvalue weighted by Gasteiger charge is 2.26. The van der Waals surface area contributed by atoms with Gasteiger partial charge in [-0.1, -0.05) is 12.1 Å². The molecule has 24 heavy (non-hydrogen) atoms. The highest BCUT2D eigenvalue weighted by molar-refractivity contribution is 5.94. The zero-order chi connectivity index (χ0) is 17.1. The minimum atomic E-state index is -0.925. The van der Waals surface area contributed by atoms with Crippen molar-refractivity contribution < 1.29 is 14.7 Å². The highest BCUT2D eigenvalue weighted by Crippen LogP contribution is 2.28. The zero-order valence-electron chi connectivity index (χ0n) is 13.6. The molecule has 1 N–H and O–H groups in total. The Kier molecular flexibility index (Phi) is 4.60. The number of carboxylic acid groups (broad SMARTS) is 1. The first-order valence-corrected chi connectivity index (χ1v) is 8.10. The fraction of sp³-hybridized carbons (Fsp3) is 0.316. The number of carbonyl (C=O) groups excluding carboxylic acids is 1. The quantitative estimate of drug-likeness (QED) is 0.942. The van der Waals surface area contributed by atoms with Gasteiger partial charge in [-0.05, 0) is 49.6 Å². The van der Waals surface area contributed by atoms with Crippen molar-refractivity contribution in [2.45, 2.75) is 25.7 Å². The molecule has 1 amide bonds. The number of nitrogens with zero attached hydrogens (tertiary/aromatic N) is 2. The lowest BCUT2D eigenvalue weighted by Gasteiger charge is -2.33. The molecule has 0 radical (unpaired) electrons. The molecule has 3 rings (SSSR count). The Labute approximate surface area is 140 Å². The second-order valence-electron chi connectivity index (χ2n) is 6.21. The Morgan fingerprint density at radius 3 is 2.75 bits per heavy atom. The lowest BCUT2D eigenvalue weighted by atomic mass is 9.89. The first-order valence-electron chi connectivity index (χ1n) is 8.10. The van der Waals surface area contributed by atoms with Crippen LogP contribution >= 0.6 is 0 Å². The first kappa shape index (κ1) is 16.2. The molecule has 1 unspecified atom stereocenters. The van der Waals surface area contributed by atoms with Gasteiger partial charge in [-0.3, -0.25) is 9.78 Å². The largest absolute Gasteiger partial charge is 0.478 e. The molecule has 5 nitrogen and oxygen atoms in total. The van der Waals surface area contributed by atoms with E-state index >= 15 is 0 Å². The Morgan fingerprint density at radius 1 is 1.21 bits per heavy atom. The minimum Gasteiger partial charge on any atom is -0.478 e. The van der Waals surface area contributed by atoms with Crippen molar-refractivity contribution in [3.8, 4) is 0 Å². The van der Waals surface area contributed by atoms with Gasteiger partial charge in [0, 0.05) is 30.9 Å². The van der Waals surface area contributed by atoms with E-state index in [-0.39, 0.29) is 11.8 Å². The summed E-state index contributed by atoms with van der Waals surface area (Å²) in [5.74, 6) is -0.770. The van der Waals surface area contributed by atoms with Crippen molar-refractivity contribution in [2.24, 2.45) is 0 Å². The van der Waals surface area contributed by atoms with Crippen LogP contribution in [0.4, 0.5) is 0 Å². The number of piperidine rings is 1. The number of hydrogen-bond donors (Lipinski definition) is 1. The number of pyridine rings is 1. The molecule has 1 aliphatic rings. The monoisotopic (exact) mass is 324 g/mol. The SMILES string of the molecule is Cc1ccc(C(=O)N2CCCC(c3cccc(C(=O)O)c3)C2)cn1. The molecule has 1 atom stereocenters. The third-order valence-corrected chi connectivity index (χ3v) is 4.47. The Bertz CT molecular complexity index is 755. The van der Waals surface area contributed by atoms with E-state index < -0.39 is 5.97 Å². The maximum absolute atomic E-state index is 12.7. The minimum absolute atomic E-state index is 0.0124. The third kappa shape index (κ3) is 3.45. The van der Waals surface area contributed by atoms with Gasteiger partial charge < -0.3 is 10.0 Å². The lowest BCUT2D eigenvalue weighted by Crippen LogP contribution is -2.39. The molecule has 1 fully saturated rings. The smallest absolute Gasteiger partial charge is 0.335 e. The van der Waals surface area contributed by atoms with Gasteiger partial charge in [-0.2, -0.15) is 0 Å². The standard InChI is InChI=1S/C19H20N2O3/c1-13-7-8-16(11-20-13)18(22)21-9-3-6-17(12-21)14-4-2-5-15(10-14)19(23)24/h2,4-5,7-8,10-11,17H,3,6,9,12H2,1H3,(H,23,24). The molecule has 1 aromatic carbocycles. The van der Waals surface area contributed by atoms with Gasteiger partial charge in [0.15, 0.2) is 0 Å². The number of aromatic carboxylic acids is 1. The normalized spacial score (nSPS) is 17.5. The predicted octanol–water partition coefficient (Wildman–Crippen LogP) is 3.11. The summed E-state index contributed by atoms with van der Waals surface area (Å²) in [6, 6.07) is 10.7. The number of hydrogen-bond acceptors (Lipinski definition) is 3. The second-order valence-corrected chi connectivity index (χ2v) is 6.21. The van der Waals surface area contributed by atoms with E-state index in [1.807, 2.05) is 24.0 Å². The van der Waals surface area contributed by atoms with Crippen molar-refractivity contribution in [3.63, 3.8) is 0 Å². The van der Waals surface area contributed by atoms with Crippen LogP contribution in [0.1, 0.15) is 50.7 Å². The number of benzene rings is 1. The lowest BCUT2D eigenvalue weighted by molar-refractivity contribution is 0.0687. The number of amides is 1. The van der Waals surface area contributed by atoms with Crippen LogP contribution in [0.5, 0.6) is 0 Å². The summed E-state index contributed by atoms with van der Waals surface area (Å²) >= 11 is 0. The van der Waals surface area contributed by atoms with Crippen LogP contribution in [-0.2, 0) is 0 Å². The van der Waals surface area contributed by atoms with Crippen LogP contribution in [0.2, 0.25) is 0 Å². The van der Waals surface area contributed by atoms with E-state index in [0.717, 1.165) is 30.6 Å². The van der Waals surface area contributed by atoms with Gasteiger partial charge in [-0.25, -0.2) is 4.79 Å². The average molecular weight is 324 g/mol. The molecule has 1 saturated heterocycles. The number of aromatic nitrogens is 1. The molecule has 0 saturated carbocycles. The van der Waals surface area contributed by atoms with Gasteiger partial charge in [0.1, 0.15) is 0 Å². The molecule has 0 bridgehead atoms. The van der Waals surface area contributed by atoms with Crippen molar-refractivity contribution in [1.29, 1.82) is 0 Å². The summed E-state index contributed by atoms with van der Waals surface area (Å²) in [6.07, 6.45) is 3.48. The van der Waals surface area contributed by atoms with Crippen LogP contribution < -0.4 is 0 Å². The van der Waals surface area contributed by atoms with Crippen LogP contribution in [0.25, 0.3) is 0 Å². The number of carboxylic acids is 1. The van der Waals surface area contributed by atoms with E-state index in [9.17, 15) is 9.59 Å². The van der Waals surface area contributed by atoms with E-state index in [1.54, 1.807) is 30.5 Å². The first-order chi connectivity index (χ1) is 11.5. The molecular formula is C19H20N2O3. The maximum atomic E-state index is 12.7. The summed E-state index contributed by atoms with van der Waals surface area (Å²) in [5, 5.41) is 9.15.